The van der Waals surface area contributed by atoms with E-state index in [0.717, 1.165) is 12.8 Å². The van der Waals surface area contributed by atoms with Crippen LogP contribution >= 0.6 is 0 Å². The highest BCUT2D eigenvalue weighted by molar-refractivity contribution is 7.89. The van der Waals surface area contributed by atoms with E-state index in [-0.39, 0.29) is 36.4 Å². The van der Waals surface area contributed by atoms with E-state index in [1.54, 1.807) is 0 Å². The van der Waals surface area contributed by atoms with Gasteiger partial charge in [-0.1, -0.05) is 6.07 Å². The third-order valence-electron chi connectivity index (χ3n) is 4.96. The molecule has 26 heavy (non-hydrogen) atoms. The minimum Gasteiger partial charge on any atom is -0.338 e. The van der Waals surface area contributed by atoms with Gasteiger partial charge in [-0.25, -0.2) is 8.42 Å². The molecule has 0 spiro atoms. The molecule has 1 aromatic rings. The summed E-state index contributed by atoms with van der Waals surface area (Å²) < 4.78 is 65.5. The van der Waals surface area contributed by atoms with Gasteiger partial charge in [0.25, 0.3) is 5.91 Å². The molecule has 0 radical (unpaired) electrons. The Kier molecular flexibility index (Phi) is 5.30. The first-order chi connectivity index (χ1) is 12.2. The van der Waals surface area contributed by atoms with Gasteiger partial charge in [0, 0.05) is 31.7 Å². The average Bonchev–Trinajstić information content (AvgIpc) is 3.16. The predicted molar refractivity (Wildman–Crippen MR) is 89.1 cm³/mol. The number of alkyl halides is 3. The molecule has 1 atom stereocenters. The number of amides is 1. The maximum absolute atomic E-state index is 13.0. The monoisotopic (exact) mass is 390 g/mol. The van der Waals surface area contributed by atoms with E-state index in [2.05, 4.69) is 0 Å². The van der Waals surface area contributed by atoms with Gasteiger partial charge in [-0.15, -0.1) is 0 Å². The Morgan fingerprint density at radius 3 is 2.42 bits per heavy atom. The van der Waals surface area contributed by atoms with Crippen LogP contribution in [-0.4, -0.2) is 55.9 Å². The lowest BCUT2D eigenvalue weighted by atomic mass is 9.97. The number of nitrogens with zero attached hydrogens (tertiary/aromatic N) is 2. The molecule has 2 fully saturated rings. The molecule has 144 valence electrons. The molecule has 0 unspecified atom stereocenters. The molecular weight excluding hydrogens is 369 g/mol. The number of carbonyl (C=O) groups excluding carboxylic acids is 1. The second-order valence-electron chi connectivity index (χ2n) is 6.77. The molecule has 1 aromatic carbocycles. The van der Waals surface area contributed by atoms with Crippen LogP contribution in [-0.2, 0) is 10.0 Å². The van der Waals surface area contributed by atoms with Crippen molar-refractivity contribution < 1.29 is 26.4 Å². The molecule has 9 heteroatoms. The molecule has 0 aromatic heterocycles. The van der Waals surface area contributed by atoms with Crippen molar-refractivity contribution in [3.8, 4) is 0 Å². The highest BCUT2D eigenvalue weighted by Crippen LogP contribution is 2.33. The minimum absolute atomic E-state index is 0.00892. The Bertz CT molecular complexity index is 774. The highest BCUT2D eigenvalue weighted by Gasteiger charge is 2.42. The van der Waals surface area contributed by atoms with E-state index in [1.165, 1.54) is 33.5 Å². The maximum atomic E-state index is 13.0. The van der Waals surface area contributed by atoms with Crippen LogP contribution < -0.4 is 0 Å². The summed E-state index contributed by atoms with van der Waals surface area (Å²) in [5, 5.41) is 0. The SMILES string of the molecule is O=C(c1cccc(S(=O)(=O)N2CCCC2)c1)N1CCC[C@@H](C(F)(F)F)C1. The van der Waals surface area contributed by atoms with Crippen molar-refractivity contribution >= 4 is 15.9 Å². The maximum Gasteiger partial charge on any atom is 0.393 e. The van der Waals surface area contributed by atoms with Crippen LogP contribution in [0.3, 0.4) is 0 Å². The average molecular weight is 390 g/mol. The van der Waals surface area contributed by atoms with Gasteiger partial charge in [0.1, 0.15) is 0 Å². The Morgan fingerprint density at radius 1 is 1.08 bits per heavy atom. The highest BCUT2D eigenvalue weighted by atomic mass is 32.2. The summed E-state index contributed by atoms with van der Waals surface area (Å²) in [4.78, 5) is 13.8. The summed E-state index contributed by atoms with van der Waals surface area (Å²) >= 11 is 0. The minimum atomic E-state index is -4.33. The largest absolute Gasteiger partial charge is 0.393 e. The zero-order chi connectivity index (χ0) is 18.9. The lowest BCUT2D eigenvalue weighted by Crippen LogP contribution is -2.44. The Balaban J connectivity index is 1.80. The van der Waals surface area contributed by atoms with Gasteiger partial charge in [-0.3, -0.25) is 4.79 Å². The summed E-state index contributed by atoms with van der Waals surface area (Å²) in [5.41, 5.74) is 0.105. The normalized spacial score (nSPS) is 22.6. The van der Waals surface area contributed by atoms with E-state index in [9.17, 15) is 26.4 Å². The van der Waals surface area contributed by atoms with Crippen LogP contribution in [0.2, 0.25) is 0 Å². The van der Waals surface area contributed by atoms with Crippen LogP contribution in [0.1, 0.15) is 36.0 Å². The van der Waals surface area contributed by atoms with Crippen molar-refractivity contribution in [2.45, 2.75) is 36.8 Å². The van der Waals surface area contributed by atoms with Crippen LogP contribution in [0.15, 0.2) is 29.2 Å². The quantitative estimate of drug-likeness (QED) is 0.798. The van der Waals surface area contributed by atoms with Crippen LogP contribution in [0.4, 0.5) is 13.2 Å². The van der Waals surface area contributed by atoms with Gasteiger partial charge in [0.05, 0.1) is 10.8 Å². The standard InChI is InChI=1S/C17H21F3N2O3S/c18-17(19,20)14-6-4-8-21(12-14)16(23)13-5-3-7-15(11-13)26(24,25)22-9-1-2-10-22/h3,5,7,11,14H,1-2,4,6,8-10,12H2/t14-/m1/s1. The summed E-state index contributed by atoms with van der Waals surface area (Å²) in [6.07, 6.45) is -2.45. The Morgan fingerprint density at radius 2 is 1.77 bits per heavy atom. The predicted octanol–water partition coefficient (Wildman–Crippen LogP) is 2.89. The van der Waals surface area contributed by atoms with E-state index >= 15 is 0 Å². The second kappa shape index (κ2) is 7.19. The molecule has 0 saturated carbocycles. The first-order valence-corrected chi connectivity index (χ1v) is 10.1. The molecule has 2 aliphatic heterocycles. The molecule has 2 saturated heterocycles. The number of carbonyl (C=O) groups is 1. The molecular formula is C17H21F3N2O3S. The molecule has 0 aliphatic carbocycles. The number of rotatable bonds is 3. The van der Waals surface area contributed by atoms with Crippen molar-refractivity contribution in [2.75, 3.05) is 26.2 Å². The topological polar surface area (TPSA) is 57.7 Å². The van der Waals surface area contributed by atoms with Gasteiger partial charge in [0.2, 0.25) is 10.0 Å². The summed E-state index contributed by atoms with van der Waals surface area (Å²) in [6.45, 7) is 0.750. The van der Waals surface area contributed by atoms with Crippen molar-refractivity contribution in [2.24, 2.45) is 5.92 Å². The summed E-state index contributed by atoms with van der Waals surface area (Å²) in [5.74, 6) is -2.09. The van der Waals surface area contributed by atoms with Crippen molar-refractivity contribution in [1.29, 1.82) is 0 Å². The summed E-state index contributed by atoms with van der Waals surface area (Å²) in [7, 11) is -3.68. The van der Waals surface area contributed by atoms with E-state index < -0.39 is 28.0 Å². The van der Waals surface area contributed by atoms with E-state index in [1.807, 2.05) is 0 Å². The Labute approximate surface area is 150 Å². The van der Waals surface area contributed by atoms with Crippen molar-refractivity contribution in [1.82, 2.24) is 9.21 Å². The molecule has 2 aliphatic rings. The number of hydrogen-bond donors (Lipinski definition) is 0. The van der Waals surface area contributed by atoms with Crippen molar-refractivity contribution in [3.63, 3.8) is 0 Å². The smallest absolute Gasteiger partial charge is 0.338 e. The van der Waals surface area contributed by atoms with Gasteiger partial charge in [-0.05, 0) is 43.9 Å². The third-order valence-corrected chi connectivity index (χ3v) is 6.85. The van der Waals surface area contributed by atoms with Crippen molar-refractivity contribution in [3.05, 3.63) is 29.8 Å². The fourth-order valence-corrected chi connectivity index (χ4v) is 5.04. The number of sulfonamides is 1. The van der Waals surface area contributed by atoms with E-state index in [4.69, 9.17) is 0 Å². The fraction of sp³-hybridized carbons (Fsp3) is 0.588. The van der Waals surface area contributed by atoms with Gasteiger partial charge < -0.3 is 4.90 Å². The van der Waals surface area contributed by atoms with Gasteiger partial charge >= 0.3 is 6.18 Å². The van der Waals surface area contributed by atoms with Gasteiger partial charge in [0.15, 0.2) is 0 Å². The van der Waals surface area contributed by atoms with Crippen LogP contribution in [0.5, 0.6) is 0 Å². The second-order valence-corrected chi connectivity index (χ2v) is 8.71. The first kappa shape index (κ1) is 19.2. The summed E-state index contributed by atoms with van der Waals surface area (Å²) in [6, 6.07) is 5.59. The number of hydrogen-bond acceptors (Lipinski definition) is 3. The number of benzene rings is 1. The number of piperidine rings is 1. The molecule has 0 bridgehead atoms. The number of halogens is 3. The lowest BCUT2D eigenvalue weighted by molar-refractivity contribution is -0.184. The molecule has 2 heterocycles. The molecule has 3 rings (SSSR count). The van der Waals surface area contributed by atoms with Crippen LogP contribution in [0, 0.1) is 5.92 Å². The zero-order valence-corrected chi connectivity index (χ0v) is 15.0. The lowest BCUT2D eigenvalue weighted by Gasteiger charge is -2.33. The molecule has 1 amide bonds. The fourth-order valence-electron chi connectivity index (χ4n) is 3.48. The third kappa shape index (κ3) is 3.88. The Hall–Kier alpha value is -1.61. The molecule has 0 N–H and O–H groups in total. The van der Waals surface area contributed by atoms with Gasteiger partial charge in [-0.2, -0.15) is 17.5 Å². The number of likely N-dealkylation sites (tertiary alicyclic amines) is 1. The first-order valence-electron chi connectivity index (χ1n) is 8.66. The molecule has 5 nitrogen and oxygen atoms in total. The van der Waals surface area contributed by atoms with Crippen LogP contribution in [0.25, 0.3) is 0 Å². The zero-order valence-electron chi connectivity index (χ0n) is 14.2. The van der Waals surface area contributed by atoms with E-state index in [0.29, 0.717) is 13.1 Å².